The first-order valence-corrected chi connectivity index (χ1v) is 6.70. The van der Waals surface area contributed by atoms with Gasteiger partial charge in [0.2, 0.25) is 0 Å². The fourth-order valence-corrected chi connectivity index (χ4v) is 2.05. The smallest absolute Gasteiger partial charge is 0.0472 e. The highest BCUT2D eigenvalue weighted by molar-refractivity contribution is 5.14. The first-order valence-electron chi connectivity index (χ1n) is 6.70. The summed E-state index contributed by atoms with van der Waals surface area (Å²) >= 11 is 0. The maximum absolute atomic E-state index is 5.63. The Balaban J connectivity index is 2.48. The number of hydrogen-bond donors (Lipinski definition) is 2. The highest BCUT2D eigenvalue weighted by atomic mass is 14.9. The molecule has 102 valence electrons. The summed E-state index contributed by atoms with van der Waals surface area (Å²) in [5, 5.41) is 3.55. The third-order valence-corrected chi connectivity index (χ3v) is 3.35. The molecule has 0 aliphatic heterocycles. The molecule has 0 unspecified atom stereocenters. The van der Waals surface area contributed by atoms with Crippen molar-refractivity contribution in [3.8, 4) is 0 Å². The molecule has 1 heterocycles. The second-order valence-electron chi connectivity index (χ2n) is 6.41. The molecule has 0 atom stereocenters. The lowest BCUT2D eigenvalue weighted by molar-refractivity contribution is 0.304. The first-order chi connectivity index (χ1) is 8.37. The van der Waals surface area contributed by atoms with E-state index in [-0.39, 0.29) is 10.8 Å². The molecular formula is C15H27N3. The summed E-state index contributed by atoms with van der Waals surface area (Å²) in [5.41, 5.74) is 7.07. The van der Waals surface area contributed by atoms with Gasteiger partial charge in [-0.25, -0.2) is 0 Å². The van der Waals surface area contributed by atoms with Gasteiger partial charge in [0.05, 0.1) is 0 Å². The quantitative estimate of drug-likeness (QED) is 0.780. The Morgan fingerprint density at radius 1 is 1.17 bits per heavy atom. The summed E-state index contributed by atoms with van der Waals surface area (Å²) in [6.45, 7) is 11.6. The third-order valence-electron chi connectivity index (χ3n) is 3.35. The molecule has 0 bridgehead atoms. The molecule has 1 rings (SSSR count). The zero-order valence-electron chi connectivity index (χ0n) is 12.2. The van der Waals surface area contributed by atoms with Crippen molar-refractivity contribution in [2.75, 3.05) is 19.6 Å². The van der Waals surface area contributed by atoms with E-state index in [0.29, 0.717) is 0 Å². The van der Waals surface area contributed by atoms with Gasteiger partial charge in [0.15, 0.2) is 0 Å². The molecule has 1 aromatic rings. The van der Waals surface area contributed by atoms with E-state index < -0.39 is 0 Å². The van der Waals surface area contributed by atoms with Gasteiger partial charge in [0, 0.05) is 30.4 Å². The largest absolute Gasteiger partial charge is 0.330 e. The topological polar surface area (TPSA) is 50.9 Å². The average Bonchev–Trinajstić information content (AvgIpc) is 2.29. The summed E-state index contributed by atoms with van der Waals surface area (Å²) in [7, 11) is 0. The van der Waals surface area contributed by atoms with E-state index in [4.69, 9.17) is 5.73 Å². The lowest BCUT2D eigenvalue weighted by Crippen LogP contribution is -2.39. The van der Waals surface area contributed by atoms with Crippen LogP contribution >= 0.6 is 0 Å². The summed E-state index contributed by atoms with van der Waals surface area (Å²) < 4.78 is 0. The maximum atomic E-state index is 5.63. The number of nitrogens with zero attached hydrogens (tertiary/aromatic N) is 1. The van der Waals surface area contributed by atoms with Crippen molar-refractivity contribution >= 4 is 0 Å². The van der Waals surface area contributed by atoms with Crippen molar-refractivity contribution < 1.29 is 0 Å². The molecule has 18 heavy (non-hydrogen) atoms. The van der Waals surface area contributed by atoms with Gasteiger partial charge in [-0.15, -0.1) is 0 Å². The molecule has 0 saturated carbocycles. The molecule has 0 saturated heterocycles. The predicted octanol–water partition coefficient (Wildman–Crippen LogP) is 2.32. The van der Waals surface area contributed by atoms with Crippen LogP contribution in [0.5, 0.6) is 0 Å². The van der Waals surface area contributed by atoms with Crippen LogP contribution < -0.4 is 11.1 Å². The number of pyridine rings is 1. The van der Waals surface area contributed by atoms with Crippen molar-refractivity contribution in [1.82, 2.24) is 10.3 Å². The summed E-state index contributed by atoms with van der Waals surface area (Å²) in [5.74, 6) is 0. The fourth-order valence-electron chi connectivity index (χ4n) is 2.05. The van der Waals surface area contributed by atoms with E-state index in [1.807, 2.05) is 18.3 Å². The molecule has 3 N–H and O–H groups in total. The van der Waals surface area contributed by atoms with Crippen LogP contribution in [0, 0.1) is 5.41 Å². The predicted molar refractivity (Wildman–Crippen MR) is 77.6 cm³/mol. The standard InChI is InChI=1S/C15H27N3/c1-14(2,8-9-16)11-17-12-15(3,4)13-7-5-6-10-18-13/h5-7,10,17H,8-9,11-12,16H2,1-4H3. The average molecular weight is 249 g/mol. The van der Waals surface area contributed by atoms with Crippen LogP contribution in [0.15, 0.2) is 24.4 Å². The van der Waals surface area contributed by atoms with Crippen LogP contribution in [0.2, 0.25) is 0 Å². The molecule has 0 fully saturated rings. The highest BCUT2D eigenvalue weighted by Crippen LogP contribution is 2.21. The highest BCUT2D eigenvalue weighted by Gasteiger charge is 2.23. The Morgan fingerprint density at radius 2 is 1.89 bits per heavy atom. The van der Waals surface area contributed by atoms with Gasteiger partial charge in [-0.05, 0) is 30.5 Å². The molecule has 0 radical (unpaired) electrons. The Bertz CT molecular complexity index is 344. The number of hydrogen-bond acceptors (Lipinski definition) is 3. The Hall–Kier alpha value is -0.930. The van der Waals surface area contributed by atoms with Crippen LogP contribution in [0.3, 0.4) is 0 Å². The lowest BCUT2D eigenvalue weighted by Gasteiger charge is -2.29. The monoisotopic (exact) mass is 249 g/mol. The number of rotatable bonds is 7. The maximum Gasteiger partial charge on any atom is 0.0472 e. The number of nitrogens with two attached hydrogens (primary N) is 1. The van der Waals surface area contributed by atoms with Crippen LogP contribution in [0.4, 0.5) is 0 Å². The molecule has 3 nitrogen and oxygen atoms in total. The molecule has 1 aromatic heterocycles. The minimum atomic E-state index is 0.0556. The molecule has 0 amide bonds. The number of aromatic nitrogens is 1. The first kappa shape index (κ1) is 15.1. The second kappa shape index (κ2) is 6.30. The van der Waals surface area contributed by atoms with Gasteiger partial charge in [-0.3, -0.25) is 4.98 Å². The van der Waals surface area contributed by atoms with E-state index in [0.717, 1.165) is 31.7 Å². The zero-order chi connectivity index (χ0) is 13.6. The lowest BCUT2D eigenvalue weighted by atomic mass is 9.86. The molecule has 0 aromatic carbocycles. The van der Waals surface area contributed by atoms with Crippen molar-refractivity contribution in [2.45, 2.75) is 39.5 Å². The summed E-state index contributed by atoms with van der Waals surface area (Å²) in [4.78, 5) is 4.44. The van der Waals surface area contributed by atoms with Crippen molar-refractivity contribution in [1.29, 1.82) is 0 Å². The molecule has 0 aliphatic rings. The number of nitrogens with one attached hydrogen (secondary N) is 1. The molecule has 0 aliphatic carbocycles. The van der Waals surface area contributed by atoms with E-state index in [9.17, 15) is 0 Å². The van der Waals surface area contributed by atoms with Gasteiger partial charge in [0.25, 0.3) is 0 Å². The molecule has 0 spiro atoms. The van der Waals surface area contributed by atoms with Gasteiger partial charge >= 0.3 is 0 Å². The fraction of sp³-hybridized carbons (Fsp3) is 0.667. The Morgan fingerprint density at radius 3 is 2.44 bits per heavy atom. The van der Waals surface area contributed by atoms with Crippen molar-refractivity contribution in [3.63, 3.8) is 0 Å². The van der Waals surface area contributed by atoms with E-state index >= 15 is 0 Å². The van der Waals surface area contributed by atoms with Crippen molar-refractivity contribution in [3.05, 3.63) is 30.1 Å². The van der Waals surface area contributed by atoms with Gasteiger partial charge in [0.1, 0.15) is 0 Å². The van der Waals surface area contributed by atoms with Crippen molar-refractivity contribution in [2.24, 2.45) is 11.1 Å². The van der Waals surface area contributed by atoms with Gasteiger partial charge < -0.3 is 11.1 Å². The van der Waals surface area contributed by atoms with Crippen LogP contribution in [0.25, 0.3) is 0 Å². The minimum absolute atomic E-state index is 0.0556. The molecule has 3 heteroatoms. The van der Waals surface area contributed by atoms with E-state index in [1.165, 1.54) is 0 Å². The van der Waals surface area contributed by atoms with E-state index in [2.05, 4.69) is 44.1 Å². The summed E-state index contributed by atoms with van der Waals surface area (Å²) in [6.07, 6.45) is 2.90. The normalized spacial score (nSPS) is 12.7. The second-order valence-corrected chi connectivity index (χ2v) is 6.41. The zero-order valence-corrected chi connectivity index (χ0v) is 12.2. The van der Waals surface area contributed by atoms with Gasteiger partial charge in [-0.2, -0.15) is 0 Å². The van der Waals surface area contributed by atoms with Gasteiger partial charge in [-0.1, -0.05) is 33.8 Å². The Kier molecular flexibility index (Phi) is 5.29. The van der Waals surface area contributed by atoms with Crippen LogP contribution in [-0.2, 0) is 5.41 Å². The van der Waals surface area contributed by atoms with E-state index in [1.54, 1.807) is 0 Å². The summed E-state index contributed by atoms with van der Waals surface area (Å²) in [6, 6.07) is 6.09. The minimum Gasteiger partial charge on any atom is -0.330 e. The van der Waals surface area contributed by atoms with Crippen LogP contribution in [0.1, 0.15) is 39.8 Å². The SMILES string of the molecule is CC(C)(CCN)CNCC(C)(C)c1ccccn1. The Labute approximate surface area is 111 Å². The molecular weight excluding hydrogens is 222 g/mol. The third kappa shape index (κ3) is 4.75. The van der Waals surface area contributed by atoms with Crippen LogP contribution in [-0.4, -0.2) is 24.6 Å².